The molecular weight excluding hydrogens is 443 g/mol. The van der Waals surface area contributed by atoms with E-state index in [4.69, 9.17) is 0 Å². The minimum Gasteiger partial charge on any atom is -0.381 e. The van der Waals surface area contributed by atoms with Gasteiger partial charge in [0.05, 0.1) is 5.60 Å². The molecule has 0 aromatic rings. The average molecular weight is 472 g/mol. The molecule has 0 spiro atoms. The molecule has 6 unspecified atom stereocenters. The Kier molecular flexibility index (Phi) is 6.57. The van der Waals surface area contributed by atoms with Crippen LogP contribution in [0.5, 0.6) is 0 Å². The normalized spacial score (nSPS) is 32.4. The Morgan fingerprint density at radius 3 is 1.61 bits per heavy atom. The number of aliphatic hydroxyl groups is 1. The zero-order valence-electron chi connectivity index (χ0n) is 18.0. The van der Waals surface area contributed by atoms with Crippen molar-refractivity contribution in [2.45, 2.75) is 95.6 Å². The molecule has 0 aliphatic heterocycles. The van der Waals surface area contributed by atoms with Crippen molar-refractivity contribution in [2.24, 2.45) is 29.6 Å². The summed E-state index contributed by atoms with van der Waals surface area (Å²) in [6, 6.07) is 0. The van der Waals surface area contributed by atoms with Crippen molar-refractivity contribution in [1.82, 2.24) is 0 Å². The molecule has 0 heterocycles. The Balaban J connectivity index is 2.42. The Labute approximate surface area is 175 Å². The summed E-state index contributed by atoms with van der Waals surface area (Å²) in [4.78, 5) is 0. The highest BCUT2D eigenvalue weighted by atomic mass is 19.4. The molecule has 2 bridgehead atoms. The number of hydrogen-bond donors (Lipinski definition) is 1. The van der Waals surface area contributed by atoms with E-state index in [2.05, 4.69) is 4.74 Å². The summed E-state index contributed by atoms with van der Waals surface area (Å²) in [5.74, 6) is -1.11. The smallest absolute Gasteiger partial charge is 0.381 e. The summed E-state index contributed by atoms with van der Waals surface area (Å²) in [5.41, 5.74) is -10.8. The van der Waals surface area contributed by atoms with Crippen LogP contribution in [0.15, 0.2) is 0 Å². The summed E-state index contributed by atoms with van der Waals surface area (Å²) in [5, 5.41) is 9.66. The summed E-state index contributed by atoms with van der Waals surface area (Å²) in [7, 11) is 0. The summed E-state index contributed by atoms with van der Waals surface area (Å²) >= 11 is 0. The molecule has 0 radical (unpaired) electrons. The quantitative estimate of drug-likeness (QED) is 0.438. The zero-order valence-corrected chi connectivity index (χ0v) is 18.0. The number of rotatable bonds is 6. The Bertz CT molecular complexity index is 633. The summed E-state index contributed by atoms with van der Waals surface area (Å²) < 4.78 is 128. The van der Waals surface area contributed by atoms with E-state index < -0.39 is 54.1 Å². The van der Waals surface area contributed by atoms with Crippen molar-refractivity contribution >= 4 is 0 Å². The lowest BCUT2D eigenvalue weighted by atomic mass is 9.71. The molecule has 2 nitrogen and oxygen atoms in total. The van der Waals surface area contributed by atoms with Crippen LogP contribution in [0.1, 0.15) is 60.3 Å². The van der Waals surface area contributed by atoms with Gasteiger partial charge in [-0.3, -0.25) is 0 Å². The first-order valence-electron chi connectivity index (χ1n) is 10.2. The van der Waals surface area contributed by atoms with Gasteiger partial charge in [0.2, 0.25) is 0 Å². The van der Waals surface area contributed by atoms with E-state index in [1.807, 2.05) is 6.92 Å². The van der Waals surface area contributed by atoms with Gasteiger partial charge in [-0.1, -0.05) is 13.8 Å². The lowest BCUT2D eigenvalue weighted by Gasteiger charge is -2.47. The van der Waals surface area contributed by atoms with Crippen LogP contribution in [0.2, 0.25) is 0 Å². The van der Waals surface area contributed by atoms with Crippen LogP contribution in [-0.2, 0) is 4.74 Å². The maximum absolute atomic E-state index is 14.0. The number of ether oxygens (including phenoxy) is 1. The van der Waals surface area contributed by atoms with Crippen LogP contribution in [0.3, 0.4) is 0 Å². The number of halogens is 9. The minimum atomic E-state index is -5.91. The highest BCUT2D eigenvalue weighted by Gasteiger charge is 2.75. The Morgan fingerprint density at radius 2 is 1.26 bits per heavy atom. The van der Waals surface area contributed by atoms with E-state index >= 15 is 0 Å². The molecule has 2 aliphatic carbocycles. The van der Waals surface area contributed by atoms with Crippen LogP contribution >= 0.6 is 0 Å². The van der Waals surface area contributed by atoms with Gasteiger partial charge in [0.25, 0.3) is 5.60 Å². The van der Waals surface area contributed by atoms with E-state index in [0.717, 1.165) is 0 Å². The second-order valence-electron chi connectivity index (χ2n) is 10.2. The molecule has 0 saturated heterocycles. The molecule has 2 fully saturated rings. The molecule has 31 heavy (non-hydrogen) atoms. The van der Waals surface area contributed by atoms with Gasteiger partial charge < -0.3 is 9.84 Å². The van der Waals surface area contributed by atoms with Gasteiger partial charge in [-0.05, 0) is 69.6 Å². The van der Waals surface area contributed by atoms with Crippen molar-refractivity contribution in [3.8, 4) is 0 Å². The maximum atomic E-state index is 14.0. The number of hydrogen-bond acceptors (Lipinski definition) is 2. The highest BCUT2D eigenvalue weighted by Crippen LogP contribution is 2.61. The topological polar surface area (TPSA) is 29.5 Å². The second-order valence-corrected chi connectivity index (χ2v) is 10.2. The molecule has 2 aliphatic rings. The van der Waals surface area contributed by atoms with E-state index in [0.29, 0.717) is 27.2 Å². The van der Waals surface area contributed by atoms with Crippen LogP contribution in [-0.4, -0.2) is 40.4 Å². The van der Waals surface area contributed by atoms with Gasteiger partial charge in [-0.25, -0.2) is 0 Å². The largest absolute Gasteiger partial charge is 0.426 e. The van der Waals surface area contributed by atoms with E-state index in [9.17, 15) is 44.6 Å². The third-order valence-corrected chi connectivity index (χ3v) is 7.33. The van der Waals surface area contributed by atoms with E-state index in [1.165, 1.54) is 0 Å². The first kappa shape index (κ1) is 26.5. The standard InChI is InChI=1S/C20H29F9O2/c1-10-11(2)14-7-12(10)6-13(14)8-17(19(24,25)26,20(27,28)29)31-15(3,4)9-16(5,30)18(21,22)23/h10-14,30H,6-9H2,1-5H3. The first-order chi connectivity index (χ1) is 13.5. The fourth-order valence-electron chi connectivity index (χ4n) is 5.68. The van der Waals surface area contributed by atoms with Crippen LogP contribution in [0.4, 0.5) is 39.5 Å². The van der Waals surface area contributed by atoms with Gasteiger partial charge in [0, 0.05) is 6.42 Å². The van der Waals surface area contributed by atoms with Crippen molar-refractivity contribution in [2.75, 3.05) is 0 Å². The molecule has 2 rings (SSSR count). The maximum Gasteiger partial charge on any atom is 0.426 e. The summed E-state index contributed by atoms with van der Waals surface area (Å²) in [6.45, 7) is 5.41. The lowest BCUT2D eigenvalue weighted by molar-refractivity contribution is -0.410. The predicted octanol–water partition coefficient (Wildman–Crippen LogP) is 6.67. The first-order valence-corrected chi connectivity index (χ1v) is 10.2. The highest BCUT2D eigenvalue weighted by molar-refractivity contribution is 5.06. The van der Waals surface area contributed by atoms with E-state index in [1.54, 1.807) is 6.92 Å². The molecule has 0 aromatic heterocycles. The lowest BCUT2D eigenvalue weighted by Crippen LogP contribution is -2.64. The van der Waals surface area contributed by atoms with Gasteiger partial charge in [-0.2, -0.15) is 39.5 Å². The van der Waals surface area contributed by atoms with Gasteiger partial charge in [0.15, 0.2) is 5.60 Å². The molecule has 6 atom stereocenters. The van der Waals surface area contributed by atoms with Crippen molar-refractivity contribution in [3.05, 3.63) is 0 Å². The number of fused-ring (bicyclic) bond motifs is 2. The SMILES string of the molecule is CC1C2CC(CC(OC(C)(C)CC(C)(O)C(F)(F)F)(C(F)(F)F)C(F)(F)F)C(C2)C1C. The Morgan fingerprint density at radius 1 is 0.774 bits per heavy atom. The van der Waals surface area contributed by atoms with Gasteiger partial charge in [-0.15, -0.1) is 0 Å². The number of alkyl halides is 9. The Hall–Kier alpha value is -0.710. The molecule has 11 heteroatoms. The molecule has 2 saturated carbocycles. The van der Waals surface area contributed by atoms with Gasteiger partial charge in [0.1, 0.15) is 0 Å². The molecule has 0 amide bonds. The van der Waals surface area contributed by atoms with Crippen LogP contribution in [0.25, 0.3) is 0 Å². The molecule has 1 N–H and O–H groups in total. The van der Waals surface area contributed by atoms with Gasteiger partial charge >= 0.3 is 18.5 Å². The van der Waals surface area contributed by atoms with Crippen molar-refractivity contribution in [3.63, 3.8) is 0 Å². The monoisotopic (exact) mass is 472 g/mol. The third-order valence-electron chi connectivity index (χ3n) is 7.33. The summed E-state index contributed by atoms with van der Waals surface area (Å²) in [6.07, 6.45) is -19.3. The van der Waals surface area contributed by atoms with Crippen LogP contribution < -0.4 is 0 Å². The average Bonchev–Trinajstić information content (AvgIpc) is 3.02. The fraction of sp³-hybridized carbons (Fsp3) is 1.00. The van der Waals surface area contributed by atoms with Crippen LogP contribution in [0, 0.1) is 29.6 Å². The minimum absolute atomic E-state index is 0.0168. The van der Waals surface area contributed by atoms with Crippen molar-refractivity contribution < 1.29 is 49.4 Å². The predicted molar refractivity (Wildman–Crippen MR) is 93.9 cm³/mol. The molecule has 184 valence electrons. The second kappa shape index (κ2) is 7.67. The fourth-order valence-corrected chi connectivity index (χ4v) is 5.68. The molecular formula is C20H29F9O2. The zero-order chi connectivity index (χ0) is 24.4. The van der Waals surface area contributed by atoms with Crippen molar-refractivity contribution in [1.29, 1.82) is 0 Å². The third kappa shape index (κ3) is 4.82. The molecule has 0 aromatic carbocycles. The van der Waals surface area contributed by atoms with E-state index in [-0.39, 0.29) is 30.1 Å².